The Morgan fingerprint density at radius 3 is 1.48 bits per heavy atom. The maximum Gasteiger partial charge on any atom is 0.323 e. The van der Waals surface area contributed by atoms with Crippen LogP contribution in [0.15, 0.2) is 114 Å². The summed E-state index contributed by atoms with van der Waals surface area (Å²) in [5.41, 5.74) is 7.41. The Labute approximate surface area is 353 Å². The average Bonchev–Trinajstić information content (AvgIpc) is 3.19. The summed E-state index contributed by atoms with van der Waals surface area (Å²) in [6.45, 7) is 9.12. The maximum atomic E-state index is 13.3. The highest BCUT2D eigenvalue weighted by molar-refractivity contribution is 7.86. The van der Waals surface area contributed by atoms with Crippen LogP contribution in [0, 0.1) is 34.6 Å². The van der Waals surface area contributed by atoms with Crippen LogP contribution in [0.1, 0.15) is 34.2 Å². The molecule has 0 saturated heterocycles. The zero-order chi connectivity index (χ0) is 44.5. The Kier molecular flexibility index (Phi) is 14.6. The van der Waals surface area contributed by atoms with E-state index in [9.17, 15) is 26.2 Å². The molecular formula is C41H44N8O10S2. The van der Waals surface area contributed by atoms with E-state index in [1.807, 2.05) is 39.8 Å². The fourth-order valence-corrected chi connectivity index (χ4v) is 6.70. The van der Waals surface area contributed by atoms with Crippen LogP contribution < -0.4 is 24.8 Å². The number of urea groups is 1. The number of ether oxygens (including phenoxy) is 3. The summed E-state index contributed by atoms with van der Waals surface area (Å²) in [6, 6.07) is 20.5. The van der Waals surface area contributed by atoms with Crippen molar-refractivity contribution >= 4 is 71.8 Å². The second-order valence-corrected chi connectivity index (χ2v) is 16.7. The molecule has 18 nitrogen and oxygen atoms in total. The number of methoxy groups -OCH3 is 2. The van der Waals surface area contributed by atoms with Gasteiger partial charge in [-0.1, -0.05) is 0 Å². The SMILES string of the molecule is COc1cc(N=Nc2ccc(OCCCS(=O)(=O)O)cc2)c(C)cc1NC(=O)Nc1cc(C)c(N=Nc2cc(C)c(N=Nc3ccc(S(=O)(=O)O)cc3C)cc2C)cc1OC. The topological polar surface area (TPSA) is 252 Å². The van der Waals surface area contributed by atoms with Crippen molar-refractivity contribution in [2.75, 3.05) is 37.2 Å². The van der Waals surface area contributed by atoms with Gasteiger partial charge in [0.05, 0.1) is 77.0 Å². The van der Waals surface area contributed by atoms with Crippen molar-refractivity contribution in [3.8, 4) is 17.2 Å². The van der Waals surface area contributed by atoms with Crippen LogP contribution in [-0.4, -0.2) is 58.6 Å². The Morgan fingerprint density at radius 1 is 0.574 bits per heavy atom. The number of aryl methyl sites for hydroxylation is 5. The van der Waals surface area contributed by atoms with Gasteiger partial charge in [0.15, 0.2) is 0 Å². The van der Waals surface area contributed by atoms with Gasteiger partial charge in [0.1, 0.15) is 17.2 Å². The van der Waals surface area contributed by atoms with E-state index in [2.05, 4.69) is 41.3 Å². The fourth-order valence-electron chi connectivity index (χ4n) is 5.65. The Hall–Kier alpha value is -6.61. The maximum absolute atomic E-state index is 13.3. The van der Waals surface area contributed by atoms with Crippen molar-refractivity contribution < 1.29 is 44.9 Å². The molecular weight excluding hydrogens is 829 g/mol. The van der Waals surface area contributed by atoms with Crippen molar-refractivity contribution in [3.63, 3.8) is 0 Å². The van der Waals surface area contributed by atoms with Gasteiger partial charge in [-0.2, -0.15) is 47.5 Å². The number of hydrogen-bond donors (Lipinski definition) is 4. The van der Waals surface area contributed by atoms with Gasteiger partial charge >= 0.3 is 6.03 Å². The minimum absolute atomic E-state index is 0.118. The van der Waals surface area contributed by atoms with Gasteiger partial charge in [0.2, 0.25) is 0 Å². The van der Waals surface area contributed by atoms with Crippen molar-refractivity contribution in [1.82, 2.24) is 0 Å². The van der Waals surface area contributed by atoms with Crippen LogP contribution in [0.5, 0.6) is 17.2 Å². The molecule has 5 aromatic carbocycles. The van der Waals surface area contributed by atoms with Crippen molar-refractivity contribution in [3.05, 3.63) is 107 Å². The van der Waals surface area contributed by atoms with Crippen LogP contribution in [0.3, 0.4) is 0 Å². The largest absolute Gasteiger partial charge is 0.494 e. The number of hydrogen-bond acceptors (Lipinski definition) is 14. The Bertz CT molecular complexity index is 2760. The second-order valence-electron chi connectivity index (χ2n) is 13.7. The van der Waals surface area contributed by atoms with E-state index in [0.29, 0.717) is 79.4 Å². The summed E-state index contributed by atoms with van der Waals surface area (Å²) in [5.74, 6) is 0.801. The molecule has 0 fully saturated rings. The molecule has 0 aromatic heterocycles. The number of benzene rings is 5. The molecule has 20 heteroatoms. The molecule has 61 heavy (non-hydrogen) atoms. The van der Waals surface area contributed by atoms with Gasteiger partial charge in [-0.25, -0.2) is 4.79 Å². The summed E-state index contributed by atoms with van der Waals surface area (Å²) in [6.07, 6.45) is 0.145. The lowest BCUT2D eigenvalue weighted by Crippen LogP contribution is -2.20. The number of rotatable bonds is 16. The van der Waals surface area contributed by atoms with Crippen LogP contribution in [0.4, 0.5) is 50.3 Å². The minimum atomic E-state index is -4.33. The van der Waals surface area contributed by atoms with Crippen LogP contribution in [0.25, 0.3) is 0 Å². The third-order valence-corrected chi connectivity index (χ3v) is 10.6. The number of azo groups is 3. The first-order valence-corrected chi connectivity index (χ1v) is 21.5. The van der Waals surface area contributed by atoms with Crippen molar-refractivity contribution in [2.45, 2.75) is 45.9 Å². The molecule has 0 radical (unpaired) electrons. The highest BCUT2D eigenvalue weighted by Crippen LogP contribution is 2.37. The monoisotopic (exact) mass is 872 g/mol. The molecule has 5 aromatic rings. The van der Waals surface area contributed by atoms with Crippen molar-refractivity contribution in [1.29, 1.82) is 0 Å². The molecule has 320 valence electrons. The molecule has 0 bridgehead atoms. The van der Waals surface area contributed by atoms with E-state index >= 15 is 0 Å². The second kappa shape index (κ2) is 19.6. The van der Waals surface area contributed by atoms with Crippen LogP contribution in [-0.2, 0) is 20.2 Å². The molecule has 2 amide bonds. The zero-order valence-electron chi connectivity index (χ0n) is 34.3. The number of carbonyl (C=O) groups is 1. The molecule has 0 aliphatic rings. The van der Waals surface area contributed by atoms with E-state index in [1.165, 1.54) is 32.4 Å². The molecule has 0 heterocycles. The highest BCUT2D eigenvalue weighted by Gasteiger charge is 2.16. The molecule has 0 spiro atoms. The lowest BCUT2D eigenvalue weighted by atomic mass is 10.1. The number of nitrogens with one attached hydrogen (secondary N) is 2. The van der Waals surface area contributed by atoms with Crippen LogP contribution >= 0.6 is 0 Å². The summed E-state index contributed by atoms with van der Waals surface area (Å²) in [5, 5.41) is 31.8. The van der Waals surface area contributed by atoms with E-state index in [0.717, 1.165) is 11.1 Å². The lowest BCUT2D eigenvalue weighted by molar-refractivity contribution is 0.262. The molecule has 4 N–H and O–H groups in total. The summed E-state index contributed by atoms with van der Waals surface area (Å²) in [7, 11) is -5.44. The molecule has 5 rings (SSSR count). The van der Waals surface area contributed by atoms with Crippen LogP contribution in [0.2, 0.25) is 0 Å². The standard InChI is InChI=1S/C41H44N8O10S2/c1-24-17-31(61(54,55)56)13-14-32(24)45-47-33-18-26(3)34(19-25(33)2)48-49-36-23-40(58-7)38(21-28(36)5)43-41(50)42-37-20-27(4)35(22-39(37)57-6)46-44-29-9-11-30(12-10-29)59-15-8-16-60(51,52)53/h9-14,17-23H,8,15-16H2,1-7H3,(H2,42,43,50)(H,51,52,53)(H,54,55,56). The number of anilines is 2. The first-order chi connectivity index (χ1) is 28.8. The third-order valence-electron chi connectivity index (χ3n) is 8.97. The number of amides is 2. The van der Waals surface area contributed by atoms with Gasteiger partial charge in [-0.05, 0) is 136 Å². The smallest absolute Gasteiger partial charge is 0.323 e. The number of nitrogens with zero attached hydrogens (tertiary/aromatic N) is 6. The average molecular weight is 873 g/mol. The molecule has 0 aliphatic heterocycles. The third kappa shape index (κ3) is 12.7. The van der Waals surface area contributed by atoms with Crippen molar-refractivity contribution in [2.24, 2.45) is 30.7 Å². The molecule has 0 aliphatic carbocycles. The first kappa shape index (κ1) is 45.5. The predicted octanol–water partition coefficient (Wildman–Crippen LogP) is 11.0. The quantitative estimate of drug-likeness (QED) is 0.0414. The van der Waals surface area contributed by atoms with Gasteiger partial charge < -0.3 is 24.8 Å². The lowest BCUT2D eigenvalue weighted by Gasteiger charge is -2.15. The van der Waals surface area contributed by atoms with E-state index in [4.69, 9.17) is 18.8 Å². The molecule has 0 atom stereocenters. The molecule has 0 saturated carbocycles. The predicted molar refractivity (Wildman–Crippen MR) is 231 cm³/mol. The van der Waals surface area contributed by atoms with E-state index in [-0.39, 0.29) is 23.7 Å². The van der Waals surface area contributed by atoms with Gasteiger partial charge in [0.25, 0.3) is 20.2 Å². The zero-order valence-corrected chi connectivity index (χ0v) is 35.9. The summed E-state index contributed by atoms with van der Waals surface area (Å²) < 4.78 is 79.4. The highest BCUT2D eigenvalue weighted by atomic mass is 32.2. The summed E-state index contributed by atoms with van der Waals surface area (Å²) >= 11 is 0. The van der Waals surface area contributed by atoms with E-state index in [1.54, 1.807) is 55.5 Å². The summed E-state index contributed by atoms with van der Waals surface area (Å²) in [4.78, 5) is 13.0. The van der Waals surface area contributed by atoms with Gasteiger partial charge in [-0.15, -0.1) is 0 Å². The van der Waals surface area contributed by atoms with E-state index < -0.39 is 26.3 Å². The minimum Gasteiger partial charge on any atom is -0.494 e. The van der Waals surface area contributed by atoms with Gasteiger partial charge in [-0.3, -0.25) is 9.11 Å². The first-order valence-electron chi connectivity index (χ1n) is 18.4. The van der Waals surface area contributed by atoms with Gasteiger partial charge in [0, 0.05) is 12.1 Å². The normalized spacial score (nSPS) is 12.0. The number of carbonyl (C=O) groups excluding carboxylic acids is 1. The Balaban J connectivity index is 1.23. The molecule has 0 unspecified atom stereocenters. The fraction of sp³-hybridized carbons (Fsp3) is 0.244. The Morgan fingerprint density at radius 2 is 1.02 bits per heavy atom.